The topological polar surface area (TPSA) is 55.4 Å². The monoisotopic (exact) mass is 343 g/mol. The summed E-state index contributed by atoms with van der Waals surface area (Å²) in [5.41, 5.74) is 3.29. The first-order chi connectivity index (χ1) is 11.5. The number of nitrogens with one attached hydrogen (secondary N) is 1. The Morgan fingerprint density at radius 1 is 1.29 bits per heavy atom. The minimum Gasteiger partial charge on any atom is -0.465 e. The highest BCUT2D eigenvalue weighted by Gasteiger charge is 2.21. The Hall–Kier alpha value is -2.14. The normalized spacial score (nSPS) is 16.4. The number of carbonyl (C=O) groups excluding carboxylic acids is 2. The van der Waals surface area contributed by atoms with Crippen molar-refractivity contribution >= 4 is 28.9 Å². The molecule has 1 unspecified atom stereocenters. The van der Waals surface area contributed by atoms with Crippen LogP contribution in [0, 0.1) is 12.8 Å². The van der Waals surface area contributed by atoms with Crippen LogP contribution in [0.2, 0.25) is 0 Å². The van der Waals surface area contributed by atoms with Crippen molar-refractivity contribution in [3.63, 3.8) is 0 Å². The van der Waals surface area contributed by atoms with Crippen LogP contribution in [0.1, 0.15) is 49.4 Å². The van der Waals surface area contributed by atoms with E-state index < -0.39 is 5.97 Å². The number of fused-ring (bicyclic) bond motifs is 1. The van der Waals surface area contributed by atoms with Crippen molar-refractivity contribution in [2.45, 2.75) is 33.1 Å². The molecule has 4 nitrogen and oxygen atoms in total. The second kappa shape index (κ2) is 6.77. The Labute approximate surface area is 145 Å². The summed E-state index contributed by atoms with van der Waals surface area (Å²) in [4.78, 5) is 26.3. The highest BCUT2D eigenvalue weighted by molar-refractivity contribution is 7.14. The number of thiophene rings is 1. The fraction of sp³-hybridized carbons (Fsp3) is 0.368. The van der Waals surface area contributed by atoms with E-state index in [1.54, 1.807) is 23.5 Å². The molecule has 0 saturated heterocycles. The number of rotatable bonds is 3. The van der Waals surface area contributed by atoms with Crippen LogP contribution in [0.3, 0.4) is 0 Å². The molecule has 2 aromatic rings. The van der Waals surface area contributed by atoms with E-state index in [0.29, 0.717) is 17.2 Å². The van der Waals surface area contributed by atoms with E-state index in [-0.39, 0.29) is 5.91 Å². The van der Waals surface area contributed by atoms with Crippen LogP contribution in [0.5, 0.6) is 0 Å². The van der Waals surface area contributed by atoms with Crippen LogP contribution in [0.15, 0.2) is 24.3 Å². The molecule has 3 rings (SSSR count). The van der Waals surface area contributed by atoms with Gasteiger partial charge in [0.25, 0.3) is 5.91 Å². The number of esters is 1. The van der Waals surface area contributed by atoms with E-state index in [2.05, 4.69) is 12.2 Å². The fourth-order valence-electron chi connectivity index (χ4n) is 3.00. The molecule has 0 radical (unpaired) electrons. The molecule has 1 aromatic carbocycles. The number of carbonyl (C=O) groups is 2. The Morgan fingerprint density at radius 3 is 2.83 bits per heavy atom. The van der Waals surface area contributed by atoms with E-state index >= 15 is 0 Å². The Balaban J connectivity index is 1.81. The molecule has 0 saturated carbocycles. The third-order valence-corrected chi connectivity index (χ3v) is 5.70. The number of hydrogen-bond donors (Lipinski definition) is 1. The van der Waals surface area contributed by atoms with Gasteiger partial charge in [0.1, 0.15) is 0 Å². The molecule has 0 aliphatic heterocycles. The van der Waals surface area contributed by atoms with E-state index in [0.717, 1.165) is 23.3 Å². The van der Waals surface area contributed by atoms with Gasteiger partial charge in [0, 0.05) is 10.6 Å². The Bertz CT molecular complexity index is 794. The quantitative estimate of drug-likeness (QED) is 0.849. The maximum Gasteiger partial charge on any atom is 0.337 e. The molecule has 126 valence electrons. The summed E-state index contributed by atoms with van der Waals surface area (Å²) >= 11 is 1.58. The molecular weight excluding hydrogens is 322 g/mol. The molecule has 1 N–H and O–H groups in total. The summed E-state index contributed by atoms with van der Waals surface area (Å²) in [6, 6.07) is 7.18. The maximum atomic E-state index is 12.6. The zero-order valence-corrected chi connectivity index (χ0v) is 15.0. The second-order valence-electron chi connectivity index (χ2n) is 6.38. The van der Waals surface area contributed by atoms with Gasteiger partial charge in [-0.25, -0.2) is 4.79 Å². The van der Waals surface area contributed by atoms with Crippen LogP contribution in [0.25, 0.3) is 0 Å². The van der Waals surface area contributed by atoms with Gasteiger partial charge >= 0.3 is 5.97 Å². The SMILES string of the molecule is COC(=O)c1ccc(C)c(NC(=O)c2cc3c(s2)CCC(C)C3)c1. The third kappa shape index (κ3) is 3.36. The molecule has 0 bridgehead atoms. The summed E-state index contributed by atoms with van der Waals surface area (Å²) in [5, 5.41) is 2.93. The van der Waals surface area contributed by atoms with Crippen LogP contribution >= 0.6 is 11.3 Å². The van der Waals surface area contributed by atoms with Crippen molar-refractivity contribution in [1.82, 2.24) is 0 Å². The lowest BCUT2D eigenvalue weighted by Gasteiger charge is -2.16. The molecule has 0 spiro atoms. The van der Waals surface area contributed by atoms with Gasteiger partial charge in [-0.1, -0.05) is 13.0 Å². The van der Waals surface area contributed by atoms with Gasteiger partial charge < -0.3 is 10.1 Å². The number of hydrogen-bond acceptors (Lipinski definition) is 4. The van der Waals surface area contributed by atoms with E-state index in [1.165, 1.54) is 24.0 Å². The highest BCUT2D eigenvalue weighted by Crippen LogP contribution is 2.32. The predicted octanol–water partition coefficient (Wildman–Crippen LogP) is 4.22. The van der Waals surface area contributed by atoms with Gasteiger partial charge in [0.2, 0.25) is 0 Å². The van der Waals surface area contributed by atoms with Crippen LogP contribution in [-0.4, -0.2) is 19.0 Å². The first-order valence-electron chi connectivity index (χ1n) is 8.10. The van der Waals surface area contributed by atoms with Crippen molar-refractivity contribution in [2.24, 2.45) is 5.92 Å². The molecule has 24 heavy (non-hydrogen) atoms. The molecule has 1 aliphatic carbocycles. The Kier molecular flexibility index (Phi) is 4.71. The van der Waals surface area contributed by atoms with Gasteiger partial charge in [0.15, 0.2) is 0 Å². The lowest BCUT2D eigenvalue weighted by atomic mass is 9.90. The molecule has 1 aliphatic rings. The minimum atomic E-state index is -0.411. The summed E-state index contributed by atoms with van der Waals surface area (Å²) in [7, 11) is 1.34. The molecule has 0 fully saturated rings. The number of amides is 1. The molecule has 5 heteroatoms. The van der Waals surface area contributed by atoms with E-state index in [9.17, 15) is 9.59 Å². The van der Waals surface area contributed by atoms with Crippen molar-refractivity contribution in [1.29, 1.82) is 0 Å². The molecule has 1 aromatic heterocycles. The standard InChI is InChI=1S/C19H21NO3S/c1-11-4-7-16-14(8-11)10-17(24-16)18(21)20-15-9-13(19(22)23-3)6-5-12(15)2/h5-6,9-11H,4,7-8H2,1-3H3,(H,20,21). The van der Waals surface area contributed by atoms with Crippen LogP contribution in [0.4, 0.5) is 5.69 Å². The zero-order valence-electron chi connectivity index (χ0n) is 14.1. The lowest BCUT2D eigenvalue weighted by molar-refractivity contribution is 0.0600. The average Bonchev–Trinajstić information content (AvgIpc) is 2.99. The van der Waals surface area contributed by atoms with Crippen LogP contribution < -0.4 is 5.32 Å². The first-order valence-corrected chi connectivity index (χ1v) is 8.91. The van der Waals surface area contributed by atoms with Gasteiger partial charge in [-0.2, -0.15) is 0 Å². The number of anilines is 1. The summed E-state index contributed by atoms with van der Waals surface area (Å²) < 4.78 is 4.74. The van der Waals surface area contributed by atoms with Crippen LogP contribution in [-0.2, 0) is 17.6 Å². The van der Waals surface area contributed by atoms with E-state index in [4.69, 9.17) is 4.74 Å². The zero-order chi connectivity index (χ0) is 17.3. The third-order valence-electron chi connectivity index (χ3n) is 4.46. The van der Waals surface area contributed by atoms with Crippen molar-refractivity contribution in [3.05, 3.63) is 50.7 Å². The largest absolute Gasteiger partial charge is 0.465 e. The second-order valence-corrected chi connectivity index (χ2v) is 7.52. The summed E-state index contributed by atoms with van der Waals surface area (Å²) in [5.74, 6) is 0.153. The number of aryl methyl sites for hydroxylation is 2. The lowest BCUT2D eigenvalue weighted by Crippen LogP contribution is -2.12. The highest BCUT2D eigenvalue weighted by atomic mass is 32.1. The smallest absolute Gasteiger partial charge is 0.337 e. The van der Waals surface area contributed by atoms with E-state index in [1.807, 2.05) is 19.1 Å². The molecule has 1 amide bonds. The fourth-order valence-corrected chi connectivity index (χ4v) is 4.11. The van der Waals surface area contributed by atoms with Gasteiger partial charge in [-0.05, 0) is 61.4 Å². The molecule has 1 atom stereocenters. The average molecular weight is 343 g/mol. The maximum absolute atomic E-state index is 12.6. The summed E-state index contributed by atoms with van der Waals surface area (Å²) in [6.07, 6.45) is 3.30. The minimum absolute atomic E-state index is 0.118. The van der Waals surface area contributed by atoms with Crippen molar-refractivity contribution in [3.8, 4) is 0 Å². The molecule has 1 heterocycles. The molecular formula is C19H21NO3S. The van der Waals surface area contributed by atoms with Crippen molar-refractivity contribution in [2.75, 3.05) is 12.4 Å². The van der Waals surface area contributed by atoms with Gasteiger partial charge in [0.05, 0.1) is 17.6 Å². The van der Waals surface area contributed by atoms with Gasteiger partial charge in [-0.15, -0.1) is 11.3 Å². The first kappa shape index (κ1) is 16.7. The Morgan fingerprint density at radius 2 is 2.08 bits per heavy atom. The summed E-state index contributed by atoms with van der Waals surface area (Å²) in [6.45, 7) is 4.15. The number of ether oxygens (including phenoxy) is 1. The van der Waals surface area contributed by atoms with Crippen molar-refractivity contribution < 1.29 is 14.3 Å². The number of methoxy groups -OCH3 is 1. The van der Waals surface area contributed by atoms with Gasteiger partial charge in [-0.3, -0.25) is 4.79 Å². The predicted molar refractivity (Wildman–Crippen MR) is 96.0 cm³/mol. The number of benzene rings is 1.